The van der Waals surface area contributed by atoms with Crippen molar-refractivity contribution in [2.75, 3.05) is 17.9 Å². The van der Waals surface area contributed by atoms with E-state index in [1.54, 1.807) is 7.11 Å². The number of rotatable bonds is 5. The van der Waals surface area contributed by atoms with Gasteiger partial charge in [0.2, 0.25) is 0 Å². The van der Waals surface area contributed by atoms with Crippen LogP contribution >= 0.6 is 0 Å². The SMILES string of the molecule is COCc1nc(NN)cc(NC2CC(C)CC(C)C2)n1. The summed E-state index contributed by atoms with van der Waals surface area (Å²) in [5, 5.41) is 3.51. The van der Waals surface area contributed by atoms with Crippen LogP contribution < -0.4 is 16.6 Å². The molecule has 0 aliphatic heterocycles. The molecule has 0 saturated heterocycles. The zero-order valence-corrected chi connectivity index (χ0v) is 12.5. The minimum absolute atomic E-state index is 0.377. The topological polar surface area (TPSA) is 85.1 Å². The minimum atomic E-state index is 0.377. The molecule has 0 amide bonds. The van der Waals surface area contributed by atoms with Gasteiger partial charge < -0.3 is 15.5 Å². The summed E-state index contributed by atoms with van der Waals surface area (Å²) in [6.07, 6.45) is 3.67. The average Bonchev–Trinajstić information content (AvgIpc) is 2.37. The van der Waals surface area contributed by atoms with E-state index in [2.05, 4.69) is 34.6 Å². The lowest BCUT2D eigenvalue weighted by Gasteiger charge is -2.32. The van der Waals surface area contributed by atoms with Crippen LogP contribution in [0.2, 0.25) is 0 Å². The van der Waals surface area contributed by atoms with Crippen LogP contribution in [0.25, 0.3) is 0 Å². The molecule has 6 heteroatoms. The number of aromatic nitrogens is 2. The Bertz CT molecular complexity index is 430. The van der Waals surface area contributed by atoms with Gasteiger partial charge in [0.05, 0.1) is 0 Å². The molecule has 112 valence electrons. The molecule has 2 rings (SSSR count). The van der Waals surface area contributed by atoms with Gasteiger partial charge in [0.25, 0.3) is 0 Å². The van der Waals surface area contributed by atoms with E-state index in [1.165, 1.54) is 19.3 Å². The van der Waals surface area contributed by atoms with Crippen LogP contribution in [-0.4, -0.2) is 23.1 Å². The van der Waals surface area contributed by atoms with Crippen LogP contribution in [0, 0.1) is 11.8 Å². The number of hydrogen-bond acceptors (Lipinski definition) is 6. The van der Waals surface area contributed by atoms with Crippen LogP contribution in [0.15, 0.2) is 6.07 Å². The summed E-state index contributed by atoms with van der Waals surface area (Å²) in [7, 11) is 1.63. The molecule has 0 spiro atoms. The zero-order chi connectivity index (χ0) is 14.5. The van der Waals surface area contributed by atoms with Gasteiger partial charge in [-0.05, 0) is 31.1 Å². The van der Waals surface area contributed by atoms with Crippen LogP contribution in [-0.2, 0) is 11.3 Å². The lowest BCUT2D eigenvalue weighted by Crippen LogP contribution is -2.30. The zero-order valence-electron chi connectivity index (χ0n) is 12.5. The van der Waals surface area contributed by atoms with Gasteiger partial charge in [-0.25, -0.2) is 15.8 Å². The van der Waals surface area contributed by atoms with Gasteiger partial charge in [-0.15, -0.1) is 0 Å². The number of anilines is 2. The standard InChI is InChI=1S/C14H25N5O/c1-9-4-10(2)6-11(5-9)16-12-7-13(19-15)18-14(17-12)8-20-3/h7,9-11H,4-6,8,15H2,1-3H3,(H2,16,17,18,19). The summed E-state index contributed by atoms with van der Waals surface area (Å²) in [5.41, 5.74) is 2.57. The van der Waals surface area contributed by atoms with Crippen molar-refractivity contribution in [2.24, 2.45) is 17.7 Å². The summed E-state index contributed by atoms with van der Waals surface area (Å²) in [5.74, 6) is 9.00. The number of nitrogens with two attached hydrogens (primary N) is 1. The van der Waals surface area contributed by atoms with E-state index in [4.69, 9.17) is 10.6 Å². The van der Waals surface area contributed by atoms with Crippen molar-refractivity contribution in [1.82, 2.24) is 9.97 Å². The molecular formula is C14H25N5O. The van der Waals surface area contributed by atoms with Crippen molar-refractivity contribution >= 4 is 11.6 Å². The molecule has 1 fully saturated rings. The maximum absolute atomic E-state index is 5.45. The second-order valence-corrected chi connectivity index (χ2v) is 5.89. The number of nitrogens with one attached hydrogen (secondary N) is 2. The van der Waals surface area contributed by atoms with Gasteiger partial charge in [0.15, 0.2) is 5.82 Å². The fourth-order valence-electron chi connectivity index (χ4n) is 3.11. The second-order valence-electron chi connectivity index (χ2n) is 5.89. The highest BCUT2D eigenvalue weighted by Crippen LogP contribution is 2.30. The maximum Gasteiger partial charge on any atom is 0.158 e. The van der Waals surface area contributed by atoms with E-state index in [0.29, 0.717) is 24.3 Å². The molecule has 0 radical (unpaired) electrons. The van der Waals surface area contributed by atoms with Crippen LogP contribution in [0.5, 0.6) is 0 Å². The van der Waals surface area contributed by atoms with E-state index in [-0.39, 0.29) is 0 Å². The fraction of sp³-hybridized carbons (Fsp3) is 0.714. The molecule has 4 N–H and O–H groups in total. The summed E-state index contributed by atoms with van der Waals surface area (Å²) < 4.78 is 5.09. The lowest BCUT2D eigenvalue weighted by atomic mass is 9.80. The largest absolute Gasteiger partial charge is 0.377 e. The first kappa shape index (κ1) is 15.0. The molecular weight excluding hydrogens is 254 g/mol. The number of nitrogen functional groups attached to an aromatic ring is 1. The molecule has 2 unspecified atom stereocenters. The normalized spacial score (nSPS) is 26.3. The highest BCUT2D eigenvalue weighted by molar-refractivity contribution is 5.47. The molecule has 0 aromatic carbocycles. The Morgan fingerprint density at radius 3 is 2.45 bits per heavy atom. The average molecular weight is 279 g/mol. The molecule has 1 aliphatic carbocycles. The third-order valence-electron chi connectivity index (χ3n) is 3.72. The third-order valence-corrected chi connectivity index (χ3v) is 3.72. The first-order chi connectivity index (χ1) is 9.60. The number of methoxy groups -OCH3 is 1. The first-order valence-corrected chi connectivity index (χ1v) is 7.20. The fourth-order valence-corrected chi connectivity index (χ4v) is 3.11. The summed E-state index contributed by atoms with van der Waals surface area (Å²) in [6, 6.07) is 2.30. The Morgan fingerprint density at radius 2 is 1.85 bits per heavy atom. The minimum Gasteiger partial charge on any atom is -0.377 e. The molecule has 1 aromatic rings. The Hall–Kier alpha value is -1.40. The predicted octanol–water partition coefficient (Wildman–Crippen LogP) is 2.15. The third kappa shape index (κ3) is 4.05. The summed E-state index contributed by atoms with van der Waals surface area (Å²) in [4.78, 5) is 8.72. The van der Waals surface area contributed by atoms with Crippen molar-refractivity contribution in [1.29, 1.82) is 0 Å². The van der Waals surface area contributed by atoms with Crippen molar-refractivity contribution in [2.45, 2.75) is 45.8 Å². The van der Waals surface area contributed by atoms with Gasteiger partial charge in [-0.2, -0.15) is 0 Å². The van der Waals surface area contributed by atoms with Gasteiger partial charge in [0, 0.05) is 19.2 Å². The van der Waals surface area contributed by atoms with E-state index < -0.39 is 0 Å². The van der Waals surface area contributed by atoms with Crippen LogP contribution in [0.3, 0.4) is 0 Å². The lowest BCUT2D eigenvalue weighted by molar-refractivity contribution is 0.178. The summed E-state index contributed by atoms with van der Waals surface area (Å²) in [6.45, 7) is 5.00. The van der Waals surface area contributed by atoms with Crippen molar-refractivity contribution in [3.8, 4) is 0 Å². The van der Waals surface area contributed by atoms with Crippen molar-refractivity contribution in [3.63, 3.8) is 0 Å². The number of hydrazine groups is 1. The molecule has 1 aromatic heterocycles. The monoisotopic (exact) mass is 279 g/mol. The second kappa shape index (κ2) is 6.85. The quantitative estimate of drug-likeness (QED) is 0.565. The number of ether oxygens (including phenoxy) is 1. The van der Waals surface area contributed by atoms with Crippen LogP contribution in [0.4, 0.5) is 11.6 Å². The van der Waals surface area contributed by atoms with Gasteiger partial charge in [-0.3, -0.25) is 0 Å². The molecule has 2 atom stereocenters. The molecule has 6 nitrogen and oxygen atoms in total. The molecule has 0 bridgehead atoms. The predicted molar refractivity (Wildman–Crippen MR) is 80.1 cm³/mol. The van der Waals surface area contributed by atoms with Crippen molar-refractivity contribution in [3.05, 3.63) is 11.9 Å². The van der Waals surface area contributed by atoms with Crippen LogP contribution in [0.1, 0.15) is 38.9 Å². The number of hydrogen-bond donors (Lipinski definition) is 3. The highest BCUT2D eigenvalue weighted by Gasteiger charge is 2.24. The highest BCUT2D eigenvalue weighted by atomic mass is 16.5. The Morgan fingerprint density at radius 1 is 1.20 bits per heavy atom. The van der Waals surface area contributed by atoms with Crippen molar-refractivity contribution < 1.29 is 4.74 Å². The molecule has 1 saturated carbocycles. The van der Waals surface area contributed by atoms with E-state index in [1.807, 2.05) is 6.07 Å². The molecule has 20 heavy (non-hydrogen) atoms. The smallest absolute Gasteiger partial charge is 0.158 e. The molecule has 1 aliphatic rings. The Labute approximate surface area is 120 Å². The first-order valence-electron chi connectivity index (χ1n) is 7.20. The number of nitrogens with zero attached hydrogens (tertiary/aromatic N) is 2. The maximum atomic E-state index is 5.45. The Balaban J connectivity index is 2.09. The van der Waals surface area contributed by atoms with E-state index >= 15 is 0 Å². The molecule has 1 heterocycles. The van der Waals surface area contributed by atoms with Gasteiger partial charge >= 0.3 is 0 Å². The van der Waals surface area contributed by atoms with E-state index in [9.17, 15) is 0 Å². The summed E-state index contributed by atoms with van der Waals surface area (Å²) >= 11 is 0. The van der Waals surface area contributed by atoms with E-state index in [0.717, 1.165) is 17.7 Å². The Kier molecular flexibility index (Phi) is 5.14. The van der Waals surface area contributed by atoms with Gasteiger partial charge in [0.1, 0.15) is 18.2 Å². The van der Waals surface area contributed by atoms with Gasteiger partial charge in [-0.1, -0.05) is 13.8 Å².